The number of benzene rings is 2. The molecule has 1 N–H and O–H groups in total. The van der Waals surface area contributed by atoms with Crippen LogP contribution >= 0.6 is 11.8 Å². The first-order valence-electron chi connectivity index (χ1n) is 8.51. The number of hydrogen-bond donors (Lipinski definition) is 1. The van der Waals surface area contributed by atoms with E-state index in [4.69, 9.17) is 0 Å². The van der Waals surface area contributed by atoms with Gasteiger partial charge in [0, 0.05) is 28.6 Å². The van der Waals surface area contributed by atoms with E-state index in [0.29, 0.717) is 16.4 Å². The minimum atomic E-state index is -0.467. The van der Waals surface area contributed by atoms with Gasteiger partial charge in [-0.15, -0.1) is 0 Å². The van der Waals surface area contributed by atoms with E-state index >= 15 is 0 Å². The molecule has 0 aliphatic heterocycles. The summed E-state index contributed by atoms with van der Waals surface area (Å²) in [5.41, 5.74) is 3.49. The van der Waals surface area contributed by atoms with Crippen LogP contribution < -0.4 is 5.32 Å². The molecule has 8 heteroatoms. The molecule has 28 heavy (non-hydrogen) atoms. The van der Waals surface area contributed by atoms with Gasteiger partial charge in [-0.05, 0) is 26.0 Å². The first-order chi connectivity index (χ1) is 13.4. The van der Waals surface area contributed by atoms with Gasteiger partial charge >= 0.3 is 0 Å². The lowest BCUT2D eigenvalue weighted by atomic mass is 10.1. The molecule has 0 saturated heterocycles. The third-order valence-electron chi connectivity index (χ3n) is 3.93. The fraction of sp³-hybridized carbons (Fsp3) is 0.150. The molecule has 142 valence electrons. The van der Waals surface area contributed by atoms with Crippen LogP contribution in [0.4, 0.5) is 11.4 Å². The van der Waals surface area contributed by atoms with E-state index in [-0.39, 0.29) is 17.3 Å². The van der Waals surface area contributed by atoms with Crippen LogP contribution in [0.2, 0.25) is 0 Å². The van der Waals surface area contributed by atoms with Crippen molar-refractivity contribution in [3.05, 3.63) is 76.0 Å². The van der Waals surface area contributed by atoms with Gasteiger partial charge in [-0.2, -0.15) is 0 Å². The predicted molar refractivity (Wildman–Crippen MR) is 109 cm³/mol. The van der Waals surface area contributed by atoms with Crippen LogP contribution in [-0.2, 0) is 4.79 Å². The van der Waals surface area contributed by atoms with Crippen molar-refractivity contribution in [1.29, 1.82) is 0 Å². The zero-order valence-electron chi connectivity index (χ0n) is 15.4. The average Bonchev–Trinajstić information content (AvgIpc) is 2.68. The highest BCUT2D eigenvalue weighted by molar-refractivity contribution is 7.99. The van der Waals surface area contributed by atoms with Gasteiger partial charge in [0.1, 0.15) is 0 Å². The van der Waals surface area contributed by atoms with E-state index < -0.39 is 4.92 Å². The fourth-order valence-electron chi connectivity index (χ4n) is 2.57. The Labute approximate surface area is 166 Å². The molecule has 3 rings (SSSR count). The van der Waals surface area contributed by atoms with Gasteiger partial charge in [-0.1, -0.05) is 48.2 Å². The Bertz CT molecular complexity index is 1030. The standard InChI is InChI=1S/C20H18N4O3S/c1-13-8-9-16(11-18(13)24(26)27)22-19(25)12-28-20-21-14(2)10-17(23-20)15-6-4-3-5-7-15/h3-11H,12H2,1-2H3,(H,22,25). The number of rotatable bonds is 6. The van der Waals surface area contributed by atoms with Gasteiger partial charge in [0.2, 0.25) is 5.91 Å². The number of thioether (sulfide) groups is 1. The Morgan fingerprint density at radius 1 is 1.11 bits per heavy atom. The number of carbonyl (C=O) groups is 1. The van der Waals surface area contributed by atoms with Crippen LogP contribution in [0.25, 0.3) is 11.3 Å². The third-order valence-corrected chi connectivity index (χ3v) is 4.77. The maximum absolute atomic E-state index is 12.2. The Balaban J connectivity index is 1.67. The van der Waals surface area contributed by atoms with Crippen molar-refractivity contribution in [3.8, 4) is 11.3 Å². The molecule has 0 atom stereocenters. The number of aromatic nitrogens is 2. The lowest BCUT2D eigenvalue weighted by Gasteiger charge is -2.07. The summed E-state index contributed by atoms with van der Waals surface area (Å²) >= 11 is 1.22. The molecule has 0 fully saturated rings. The normalized spacial score (nSPS) is 10.5. The topological polar surface area (TPSA) is 98.0 Å². The van der Waals surface area contributed by atoms with Crippen molar-refractivity contribution < 1.29 is 9.72 Å². The molecule has 0 unspecified atom stereocenters. The third kappa shape index (κ3) is 4.92. The maximum Gasteiger partial charge on any atom is 0.274 e. The van der Waals surface area contributed by atoms with Gasteiger partial charge in [0.05, 0.1) is 16.4 Å². The molecule has 0 spiro atoms. The van der Waals surface area contributed by atoms with Crippen molar-refractivity contribution in [2.24, 2.45) is 0 Å². The Morgan fingerprint density at radius 3 is 2.57 bits per heavy atom. The molecule has 0 saturated carbocycles. The van der Waals surface area contributed by atoms with Gasteiger partial charge in [-0.3, -0.25) is 14.9 Å². The van der Waals surface area contributed by atoms with Crippen LogP contribution in [-0.4, -0.2) is 26.6 Å². The molecule has 0 radical (unpaired) electrons. The summed E-state index contributed by atoms with van der Waals surface area (Å²) in [4.78, 5) is 31.7. The molecular weight excluding hydrogens is 376 g/mol. The van der Waals surface area contributed by atoms with Crippen LogP contribution in [0.3, 0.4) is 0 Å². The molecule has 7 nitrogen and oxygen atoms in total. The fourth-order valence-corrected chi connectivity index (χ4v) is 3.28. The summed E-state index contributed by atoms with van der Waals surface area (Å²) in [6, 6.07) is 16.2. The van der Waals surface area contributed by atoms with Gasteiger partial charge < -0.3 is 5.32 Å². The number of hydrogen-bond acceptors (Lipinski definition) is 6. The van der Waals surface area contributed by atoms with E-state index in [0.717, 1.165) is 17.0 Å². The first kappa shape index (κ1) is 19.5. The SMILES string of the molecule is Cc1cc(-c2ccccc2)nc(SCC(=O)Nc2ccc(C)c([N+](=O)[O-])c2)n1. The molecule has 0 bridgehead atoms. The van der Waals surface area contributed by atoms with Crippen molar-refractivity contribution in [2.75, 3.05) is 11.1 Å². The summed E-state index contributed by atoms with van der Waals surface area (Å²) in [6.45, 7) is 3.53. The molecule has 1 aromatic heterocycles. The highest BCUT2D eigenvalue weighted by Crippen LogP contribution is 2.24. The van der Waals surface area contributed by atoms with Gasteiger partial charge in [-0.25, -0.2) is 9.97 Å². The van der Waals surface area contributed by atoms with E-state index in [1.807, 2.05) is 43.3 Å². The highest BCUT2D eigenvalue weighted by atomic mass is 32.2. The second-order valence-corrected chi connectivity index (χ2v) is 7.08. The molecular formula is C20H18N4O3S. The summed E-state index contributed by atoms with van der Waals surface area (Å²) in [5, 5.41) is 14.2. The summed E-state index contributed by atoms with van der Waals surface area (Å²) in [5.74, 6) is -0.186. The van der Waals surface area contributed by atoms with E-state index in [9.17, 15) is 14.9 Å². The molecule has 3 aromatic rings. The quantitative estimate of drug-likeness (QED) is 0.288. The lowest BCUT2D eigenvalue weighted by Crippen LogP contribution is -2.14. The number of aryl methyl sites for hydroxylation is 2. The maximum atomic E-state index is 12.2. The van der Waals surface area contributed by atoms with Gasteiger partial charge in [0.25, 0.3) is 5.69 Å². The van der Waals surface area contributed by atoms with E-state index in [2.05, 4.69) is 15.3 Å². The molecule has 1 heterocycles. The highest BCUT2D eigenvalue weighted by Gasteiger charge is 2.13. The molecule has 0 aliphatic carbocycles. The van der Waals surface area contributed by atoms with Crippen molar-refractivity contribution in [3.63, 3.8) is 0 Å². The zero-order chi connectivity index (χ0) is 20.1. The van der Waals surface area contributed by atoms with Crippen LogP contribution in [0, 0.1) is 24.0 Å². The molecule has 0 aliphatic rings. The smallest absolute Gasteiger partial charge is 0.274 e. The minimum absolute atomic E-state index is 0.0278. The van der Waals surface area contributed by atoms with E-state index in [1.165, 1.54) is 17.8 Å². The number of nitro groups is 1. The van der Waals surface area contributed by atoms with Crippen molar-refractivity contribution >= 4 is 29.0 Å². The Morgan fingerprint density at radius 2 is 1.86 bits per heavy atom. The summed E-state index contributed by atoms with van der Waals surface area (Å²) in [7, 11) is 0. The minimum Gasteiger partial charge on any atom is -0.325 e. The number of anilines is 1. The number of nitro benzene ring substituents is 1. The average molecular weight is 394 g/mol. The molecule has 1 amide bonds. The second kappa shape index (κ2) is 8.62. The Kier molecular flexibility index (Phi) is 6.00. The largest absolute Gasteiger partial charge is 0.325 e. The number of carbonyl (C=O) groups excluding carboxylic acids is 1. The summed E-state index contributed by atoms with van der Waals surface area (Å²) < 4.78 is 0. The monoisotopic (exact) mass is 394 g/mol. The lowest BCUT2D eigenvalue weighted by molar-refractivity contribution is -0.385. The van der Waals surface area contributed by atoms with Crippen molar-refractivity contribution in [2.45, 2.75) is 19.0 Å². The van der Waals surface area contributed by atoms with Crippen LogP contribution in [0.5, 0.6) is 0 Å². The van der Waals surface area contributed by atoms with Gasteiger partial charge in [0.15, 0.2) is 5.16 Å². The van der Waals surface area contributed by atoms with Crippen molar-refractivity contribution in [1.82, 2.24) is 9.97 Å². The Hall–Kier alpha value is -3.26. The number of nitrogens with one attached hydrogen (secondary N) is 1. The predicted octanol–water partition coefficient (Wildman–Crippen LogP) is 4.40. The number of amides is 1. The second-order valence-electron chi connectivity index (χ2n) is 6.14. The summed E-state index contributed by atoms with van der Waals surface area (Å²) in [6.07, 6.45) is 0. The van der Waals surface area contributed by atoms with Crippen LogP contribution in [0.15, 0.2) is 59.8 Å². The number of nitrogens with zero attached hydrogens (tertiary/aromatic N) is 3. The molecule has 2 aromatic carbocycles. The zero-order valence-corrected chi connectivity index (χ0v) is 16.2. The van der Waals surface area contributed by atoms with Crippen LogP contribution in [0.1, 0.15) is 11.3 Å². The first-order valence-corrected chi connectivity index (χ1v) is 9.50. The van der Waals surface area contributed by atoms with E-state index in [1.54, 1.807) is 19.1 Å².